The van der Waals surface area contributed by atoms with E-state index in [1.165, 1.54) is 212 Å². The van der Waals surface area contributed by atoms with Crippen LogP contribution in [0.4, 0.5) is 0 Å². The third-order valence-electron chi connectivity index (χ3n) is 17.4. The summed E-state index contributed by atoms with van der Waals surface area (Å²) in [5, 5.41) is 57.2. The zero-order valence-corrected chi connectivity index (χ0v) is 56.6. The van der Waals surface area contributed by atoms with E-state index in [2.05, 4.69) is 74.7 Å². The Kier molecular flexibility index (Phi) is 60.1. The smallest absolute Gasteiger partial charge is 0.306 e. The highest BCUT2D eigenvalue weighted by atomic mass is 16.7. The minimum absolute atomic E-state index is 0.103. The predicted molar refractivity (Wildman–Crippen MR) is 366 cm³/mol. The molecule has 0 aromatic rings. The molecule has 1 heterocycles. The van der Waals surface area contributed by atoms with E-state index in [-0.39, 0.29) is 13.0 Å². The lowest BCUT2D eigenvalue weighted by Gasteiger charge is -2.41. The van der Waals surface area contributed by atoms with Gasteiger partial charge in [0.1, 0.15) is 24.4 Å². The molecule has 0 bridgehead atoms. The van der Waals surface area contributed by atoms with Crippen molar-refractivity contribution < 1.29 is 49.3 Å². The number of allylic oxidation sites excluding steroid dienone is 9. The number of ether oxygens (including phenoxy) is 3. The Morgan fingerprint density at radius 1 is 0.448 bits per heavy atom. The molecular formula is C76H139NO10. The van der Waals surface area contributed by atoms with Crippen LogP contribution in [0.3, 0.4) is 0 Å². The van der Waals surface area contributed by atoms with E-state index in [1.54, 1.807) is 6.08 Å². The third kappa shape index (κ3) is 50.7. The summed E-state index contributed by atoms with van der Waals surface area (Å²) < 4.78 is 17.7. The van der Waals surface area contributed by atoms with Crippen LogP contribution in [0.2, 0.25) is 0 Å². The first-order valence-corrected chi connectivity index (χ1v) is 37.1. The Bertz CT molecular complexity index is 1650. The standard InChI is InChI=1S/C76H139NO10/c1-4-7-10-13-16-19-22-24-26-28-30-32-33-34-35-36-38-39-41-43-45-48-51-54-57-60-63-69(80)75(84)77-67(68(79)62-59-56-53-50-47-21-18-15-12-9-6-3)66-85-76-74(73(83)72(82)70(65-78)86-76)87-71(81)64-61-58-55-52-49-46-44-42-40-37-31-29-27-25-23-20-17-14-11-8-5-2/h17,20,25,27,31,37,42,44,59,62,67-70,72-74,76,78-80,82-83H,4-16,18-19,21-24,26,28-30,32-36,38-41,43,45-58,60-61,63-66H2,1-3H3,(H,77,84)/b20-17-,27-25-,37-31-,44-42-,62-59+. The number of rotatable bonds is 64. The Hall–Kier alpha value is -2.64. The average molecular weight is 1230 g/mol. The first kappa shape index (κ1) is 82.4. The van der Waals surface area contributed by atoms with Crippen molar-refractivity contribution >= 4 is 11.9 Å². The van der Waals surface area contributed by atoms with Crippen molar-refractivity contribution in [2.75, 3.05) is 13.2 Å². The Labute approximate surface area is 535 Å². The number of esters is 1. The zero-order chi connectivity index (χ0) is 63.1. The summed E-state index contributed by atoms with van der Waals surface area (Å²) in [5.74, 6) is -1.20. The van der Waals surface area contributed by atoms with Crippen LogP contribution >= 0.6 is 0 Å². The normalized spacial score (nSPS) is 18.6. The number of carbonyl (C=O) groups excluding carboxylic acids is 2. The van der Waals surface area contributed by atoms with Crippen molar-refractivity contribution in [3.05, 3.63) is 60.8 Å². The molecule has 1 aliphatic rings. The topological polar surface area (TPSA) is 175 Å². The maximum atomic E-state index is 13.5. The lowest BCUT2D eigenvalue weighted by atomic mass is 9.99. The van der Waals surface area contributed by atoms with E-state index in [0.717, 1.165) is 89.9 Å². The van der Waals surface area contributed by atoms with Crippen LogP contribution in [0.1, 0.15) is 348 Å². The molecule has 0 aromatic heterocycles. The molecule has 0 radical (unpaired) electrons. The molecule has 1 aliphatic heterocycles. The summed E-state index contributed by atoms with van der Waals surface area (Å²) in [6.07, 6.45) is 71.3. The van der Waals surface area contributed by atoms with Gasteiger partial charge in [-0.05, 0) is 70.6 Å². The Morgan fingerprint density at radius 2 is 0.793 bits per heavy atom. The van der Waals surface area contributed by atoms with Gasteiger partial charge in [-0.3, -0.25) is 9.59 Å². The molecule has 1 saturated heterocycles. The van der Waals surface area contributed by atoms with Gasteiger partial charge in [-0.1, -0.05) is 332 Å². The van der Waals surface area contributed by atoms with Crippen molar-refractivity contribution in [3.63, 3.8) is 0 Å². The lowest BCUT2D eigenvalue weighted by Crippen LogP contribution is -2.61. The van der Waals surface area contributed by atoms with Crippen LogP contribution in [-0.2, 0) is 23.8 Å². The van der Waals surface area contributed by atoms with Crippen molar-refractivity contribution in [2.24, 2.45) is 0 Å². The fraction of sp³-hybridized carbons (Fsp3) is 0.842. The first-order valence-electron chi connectivity index (χ1n) is 37.1. The molecule has 0 aliphatic carbocycles. The largest absolute Gasteiger partial charge is 0.454 e. The number of nitrogens with one attached hydrogen (secondary N) is 1. The summed E-state index contributed by atoms with van der Waals surface area (Å²) in [5.41, 5.74) is 0. The van der Waals surface area contributed by atoms with Gasteiger partial charge in [-0.15, -0.1) is 0 Å². The number of aliphatic hydroxyl groups excluding tert-OH is 5. The zero-order valence-electron chi connectivity index (χ0n) is 56.6. The number of hydrogen-bond acceptors (Lipinski definition) is 10. The number of carbonyl (C=O) groups is 2. The fourth-order valence-electron chi connectivity index (χ4n) is 11.6. The Morgan fingerprint density at radius 3 is 1.21 bits per heavy atom. The molecule has 0 spiro atoms. The molecule has 1 amide bonds. The van der Waals surface area contributed by atoms with Gasteiger partial charge in [0.25, 0.3) is 0 Å². The molecule has 11 nitrogen and oxygen atoms in total. The van der Waals surface area contributed by atoms with E-state index in [1.807, 2.05) is 6.08 Å². The second kappa shape index (κ2) is 63.5. The number of unbranched alkanes of at least 4 members (excludes halogenated alkanes) is 42. The molecule has 8 unspecified atom stereocenters. The second-order valence-corrected chi connectivity index (χ2v) is 25.7. The van der Waals surface area contributed by atoms with Crippen molar-refractivity contribution in [3.8, 4) is 0 Å². The summed E-state index contributed by atoms with van der Waals surface area (Å²) in [6.45, 7) is 5.79. The average Bonchev–Trinajstić information content (AvgIpc) is 3.60. The number of amides is 1. The SMILES string of the molecule is CCCCC/C=C\C/C=C\C/C=C\C/C=C\CCCCCCCC(=O)OC1C(OCC(NC(=O)C(O)CCCCCCCCCCCCCCCCCCCCCCCCCCCC)C(O)/C=C/CCCCCCCCCCC)OC(CO)C(O)C1O. The minimum atomic E-state index is -1.62. The van der Waals surface area contributed by atoms with Gasteiger partial charge >= 0.3 is 5.97 Å². The van der Waals surface area contributed by atoms with E-state index < -0.39 is 67.4 Å². The van der Waals surface area contributed by atoms with E-state index in [9.17, 15) is 35.1 Å². The van der Waals surface area contributed by atoms with Gasteiger partial charge < -0.3 is 45.1 Å². The molecule has 1 fully saturated rings. The molecule has 11 heteroatoms. The van der Waals surface area contributed by atoms with Gasteiger partial charge in [-0.2, -0.15) is 0 Å². The van der Waals surface area contributed by atoms with Gasteiger partial charge in [0, 0.05) is 6.42 Å². The minimum Gasteiger partial charge on any atom is -0.454 e. The molecular weight excluding hydrogens is 1090 g/mol. The van der Waals surface area contributed by atoms with E-state index >= 15 is 0 Å². The van der Waals surface area contributed by atoms with E-state index in [0.29, 0.717) is 19.3 Å². The van der Waals surface area contributed by atoms with Crippen molar-refractivity contribution in [1.82, 2.24) is 5.32 Å². The molecule has 0 saturated carbocycles. The van der Waals surface area contributed by atoms with Crippen LogP contribution in [0.15, 0.2) is 60.8 Å². The molecule has 0 aromatic carbocycles. The highest BCUT2D eigenvalue weighted by molar-refractivity contribution is 5.80. The second-order valence-electron chi connectivity index (χ2n) is 25.7. The monoisotopic (exact) mass is 1230 g/mol. The maximum Gasteiger partial charge on any atom is 0.306 e. The lowest BCUT2D eigenvalue weighted by molar-refractivity contribution is -0.305. The third-order valence-corrected chi connectivity index (χ3v) is 17.4. The Balaban J connectivity index is 2.53. The van der Waals surface area contributed by atoms with E-state index in [4.69, 9.17) is 14.2 Å². The summed E-state index contributed by atoms with van der Waals surface area (Å²) in [4.78, 5) is 26.7. The van der Waals surface area contributed by atoms with Gasteiger partial charge in [-0.25, -0.2) is 0 Å². The maximum absolute atomic E-state index is 13.5. The molecule has 87 heavy (non-hydrogen) atoms. The predicted octanol–water partition coefficient (Wildman–Crippen LogP) is 19.3. The highest BCUT2D eigenvalue weighted by Gasteiger charge is 2.47. The van der Waals surface area contributed by atoms with Gasteiger partial charge in [0.05, 0.1) is 25.4 Å². The van der Waals surface area contributed by atoms with Crippen LogP contribution in [0.25, 0.3) is 0 Å². The molecule has 6 N–H and O–H groups in total. The van der Waals surface area contributed by atoms with Gasteiger partial charge in [0.15, 0.2) is 12.4 Å². The summed E-state index contributed by atoms with van der Waals surface area (Å²) in [7, 11) is 0. The van der Waals surface area contributed by atoms with Crippen molar-refractivity contribution in [2.45, 2.75) is 397 Å². The number of hydrogen-bond donors (Lipinski definition) is 6. The molecule has 8 atom stereocenters. The quantitative estimate of drug-likeness (QED) is 0.0195. The van der Waals surface area contributed by atoms with Crippen molar-refractivity contribution in [1.29, 1.82) is 0 Å². The summed E-state index contributed by atoms with van der Waals surface area (Å²) in [6, 6.07) is -1.03. The highest BCUT2D eigenvalue weighted by Crippen LogP contribution is 2.26. The van der Waals surface area contributed by atoms with Crippen LogP contribution in [0.5, 0.6) is 0 Å². The number of aliphatic hydroxyl groups is 5. The summed E-state index contributed by atoms with van der Waals surface area (Å²) >= 11 is 0. The first-order chi connectivity index (χ1) is 42.7. The van der Waals surface area contributed by atoms with Crippen LogP contribution in [0, 0.1) is 0 Å². The van der Waals surface area contributed by atoms with Crippen LogP contribution in [-0.4, -0.2) is 99.6 Å². The molecule has 1 rings (SSSR count). The fourth-order valence-corrected chi connectivity index (χ4v) is 11.6. The molecule has 508 valence electrons. The van der Waals surface area contributed by atoms with Crippen LogP contribution < -0.4 is 5.32 Å². The van der Waals surface area contributed by atoms with Gasteiger partial charge in [0.2, 0.25) is 5.91 Å².